The first-order valence-electron chi connectivity index (χ1n) is 5.64. The molecule has 0 aliphatic rings. The lowest BCUT2D eigenvalue weighted by atomic mass is 10.0. The molecular weight excluding hydrogens is 232 g/mol. The molecule has 0 spiro atoms. The maximum absolute atomic E-state index is 11.5. The van der Waals surface area contributed by atoms with Crippen molar-refractivity contribution in [3.63, 3.8) is 0 Å². The van der Waals surface area contributed by atoms with E-state index in [9.17, 15) is 9.59 Å². The molecule has 1 rings (SSSR count). The molecule has 98 valence electrons. The molecule has 0 aliphatic carbocycles. The summed E-state index contributed by atoms with van der Waals surface area (Å²) in [5, 5.41) is 0. The fourth-order valence-corrected chi connectivity index (χ4v) is 1.66. The maximum Gasteiger partial charge on any atom is 0.315 e. The number of likely N-dealkylation sites (N-methyl/N-ethyl adjacent to an activating group) is 1. The van der Waals surface area contributed by atoms with Gasteiger partial charge in [0.15, 0.2) is 0 Å². The van der Waals surface area contributed by atoms with Crippen molar-refractivity contribution < 1.29 is 14.3 Å². The number of amides is 2. The zero-order valence-corrected chi connectivity index (χ0v) is 11.1. The number of rotatable bonds is 3. The van der Waals surface area contributed by atoms with E-state index >= 15 is 0 Å². The van der Waals surface area contributed by atoms with Crippen molar-refractivity contribution in [2.45, 2.75) is 19.8 Å². The van der Waals surface area contributed by atoms with Crippen molar-refractivity contribution in [3.05, 3.63) is 23.8 Å². The average Bonchev–Trinajstić information content (AvgIpc) is 2.35. The minimum absolute atomic E-state index is 0.247. The van der Waals surface area contributed by atoms with Crippen LogP contribution < -0.4 is 15.4 Å². The monoisotopic (exact) mass is 250 g/mol. The SMILES string of the molecule is COc1ccc(N(C)C(=O)C(N)=O)cc1C(C)C. The lowest BCUT2D eigenvalue weighted by molar-refractivity contribution is -0.135. The summed E-state index contributed by atoms with van der Waals surface area (Å²) in [5.41, 5.74) is 6.56. The van der Waals surface area contributed by atoms with E-state index in [0.29, 0.717) is 5.69 Å². The van der Waals surface area contributed by atoms with E-state index in [0.717, 1.165) is 11.3 Å². The summed E-state index contributed by atoms with van der Waals surface area (Å²) in [5.74, 6) is -0.708. The van der Waals surface area contributed by atoms with Crippen LogP contribution in [-0.4, -0.2) is 26.0 Å². The summed E-state index contributed by atoms with van der Waals surface area (Å²) in [7, 11) is 3.11. The van der Waals surface area contributed by atoms with Crippen LogP contribution in [0.5, 0.6) is 5.75 Å². The molecular formula is C13H18N2O3. The van der Waals surface area contributed by atoms with Gasteiger partial charge in [0.2, 0.25) is 0 Å². The molecule has 2 amide bonds. The van der Waals surface area contributed by atoms with E-state index in [1.165, 1.54) is 11.9 Å². The molecule has 0 atom stereocenters. The molecule has 0 aliphatic heterocycles. The van der Waals surface area contributed by atoms with E-state index < -0.39 is 11.8 Å². The molecule has 0 saturated heterocycles. The van der Waals surface area contributed by atoms with Crippen LogP contribution in [0.15, 0.2) is 18.2 Å². The van der Waals surface area contributed by atoms with Gasteiger partial charge >= 0.3 is 11.8 Å². The Hall–Kier alpha value is -2.04. The molecule has 0 aromatic heterocycles. The lowest BCUT2D eigenvalue weighted by Gasteiger charge is -2.19. The smallest absolute Gasteiger partial charge is 0.315 e. The van der Waals surface area contributed by atoms with E-state index in [1.54, 1.807) is 19.2 Å². The summed E-state index contributed by atoms with van der Waals surface area (Å²) in [6.07, 6.45) is 0. The molecule has 0 bridgehead atoms. The van der Waals surface area contributed by atoms with E-state index in [-0.39, 0.29) is 5.92 Å². The van der Waals surface area contributed by atoms with Gasteiger partial charge in [-0.25, -0.2) is 0 Å². The van der Waals surface area contributed by atoms with Crippen molar-refractivity contribution in [1.29, 1.82) is 0 Å². The number of benzene rings is 1. The molecule has 1 aromatic carbocycles. The van der Waals surface area contributed by atoms with Crippen LogP contribution >= 0.6 is 0 Å². The summed E-state index contributed by atoms with van der Waals surface area (Å²) < 4.78 is 5.25. The third-order valence-electron chi connectivity index (χ3n) is 2.74. The third-order valence-corrected chi connectivity index (χ3v) is 2.74. The zero-order valence-electron chi connectivity index (χ0n) is 11.1. The Morgan fingerprint density at radius 1 is 1.33 bits per heavy atom. The van der Waals surface area contributed by atoms with Gasteiger partial charge in [0.05, 0.1) is 7.11 Å². The highest BCUT2D eigenvalue weighted by atomic mass is 16.5. The number of ether oxygens (including phenoxy) is 1. The van der Waals surface area contributed by atoms with Gasteiger partial charge in [-0.3, -0.25) is 9.59 Å². The average molecular weight is 250 g/mol. The zero-order chi connectivity index (χ0) is 13.9. The van der Waals surface area contributed by atoms with Crippen LogP contribution in [0.1, 0.15) is 25.3 Å². The molecule has 2 N–H and O–H groups in total. The summed E-state index contributed by atoms with van der Waals surface area (Å²) >= 11 is 0. The van der Waals surface area contributed by atoms with Gasteiger partial charge in [-0.2, -0.15) is 0 Å². The lowest BCUT2D eigenvalue weighted by Crippen LogP contribution is -2.37. The van der Waals surface area contributed by atoms with Crippen molar-refractivity contribution in [3.8, 4) is 5.75 Å². The van der Waals surface area contributed by atoms with Gasteiger partial charge in [-0.05, 0) is 29.7 Å². The Morgan fingerprint density at radius 2 is 1.94 bits per heavy atom. The molecule has 0 heterocycles. The predicted octanol–water partition coefficient (Wildman–Crippen LogP) is 1.27. The number of hydrogen-bond acceptors (Lipinski definition) is 3. The Balaban J connectivity index is 3.16. The van der Waals surface area contributed by atoms with Crippen molar-refractivity contribution in [1.82, 2.24) is 0 Å². The van der Waals surface area contributed by atoms with E-state index in [2.05, 4.69) is 0 Å². The minimum Gasteiger partial charge on any atom is -0.496 e. The highest BCUT2D eigenvalue weighted by Crippen LogP contribution is 2.30. The molecule has 0 radical (unpaired) electrons. The normalized spacial score (nSPS) is 10.3. The topological polar surface area (TPSA) is 72.6 Å². The van der Waals surface area contributed by atoms with Gasteiger partial charge < -0.3 is 15.4 Å². The van der Waals surface area contributed by atoms with Crippen molar-refractivity contribution in [2.24, 2.45) is 5.73 Å². The van der Waals surface area contributed by atoms with Crippen LogP contribution in [0.3, 0.4) is 0 Å². The number of nitrogens with zero attached hydrogens (tertiary/aromatic N) is 1. The summed E-state index contributed by atoms with van der Waals surface area (Å²) in [4.78, 5) is 23.6. The summed E-state index contributed by atoms with van der Waals surface area (Å²) in [6, 6.07) is 5.31. The maximum atomic E-state index is 11.5. The van der Waals surface area contributed by atoms with Gasteiger partial charge in [0.25, 0.3) is 0 Å². The van der Waals surface area contributed by atoms with Crippen LogP contribution in [0.4, 0.5) is 5.69 Å². The third kappa shape index (κ3) is 2.80. The first-order chi connectivity index (χ1) is 8.38. The first kappa shape index (κ1) is 14.0. The number of methoxy groups -OCH3 is 1. The molecule has 0 saturated carbocycles. The quantitative estimate of drug-likeness (QED) is 0.821. The fourth-order valence-electron chi connectivity index (χ4n) is 1.66. The predicted molar refractivity (Wildman–Crippen MR) is 69.7 cm³/mol. The molecule has 1 aromatic rings. The van der Waals surface area contributed by atoms with E-state index in [1.807, 2.05) is 19.9 Å². The Bertz CT molecular complexity index is 469. The number of hydrogen-bond donors (Lipinski definition) is 1. The van der Waals surface area contributed by atoms with Gasteiger partial charge in [-0.15, -0.1) is 0 Å². The van der Waals surface area contributed by atoms with Gasteiger partial charge in [-0.1, -0.05) is 13.8 Å². The highest BCUT2D eigenvalue weighted by Gasteiger charge is 2.18. The van der Waals surface area contributed by atoms with Crippen molar-refractivity contribution >= 4 is 17.5 Å². The summed E-state index contributed by atoms with van der Waals surface area (Å²) in [6.45, 7) is 4.05. The minimum atomic E-state index is -0.973. The fraction of sp³-hybridized carbons (Fsp3) is 0.385. The van der Waals surface area contributed by atoms with E-state index in [4.69, 9.17) is 10.5 Å². The van der Waals surface area contributed by atoms with Gasteiger partial charge in [0.1, 0.15) is 5.75 Å². The number of carbonyl (C=O) groups excluding carboxylic acids is 2. The second-order valence-corrected chi connectivity index (χ2v) is 4.31. The molecule has 5 nitrogen and oxygen atoms in total. The van der Waals surface area contributed by atoms with Crippen LogP contribution in [0.2, 0.25) is 0 Å². The number of anilines is 1. The van der Waals surface area contributed by atoms with Crippen LogP contribution in [0, 0.1) is 0 Å². The molecule has 5 heteroatoms. The van der Waals surface area contributed by atoms with Crippen molar-refractivity contribution in [2.75, 3.05) is 19.1 Å². The first-order valence-corrected chi connectivity index (χ1v) is 5.64. The highest BCUT2D eigenvalue weighted by molar-refractivity contribution is 6.39. The molecule has 18 heavy (non-hydrogen) atoms. The Morgan fingerprint density at radius 3 is 2.39 bits per heavy atom. The Kier molecular flexibility index (Phi) is 4.31. The van der Waals surface area contributed by atoms with Gasteiger partial charge in [0, 0.05) is 12.7 Å². The second kappa shape index (κ2) is 5.53. The van der Waals surface area contributed by atoms with Crippen LogP contribution in [0.25, 0.3) is 0 Å². The molecule has 0 fully saturated rings. The molecule has 0 unspecified atom stereocenters. The second-order valence-electron chi connectivity index (χ2n) is 4.31. The van der Waals surface area contributed by atoms with Crippen LogP contribution in [-0.2, 0) is 9.59 Å². The standard InChI is InChI=1S/C13H18N2O3/c1-8(2)10-7-9(5-6-11(10)18-4)15(3)13(17)12(14)16/h5-8H,1-4H3,(H2,14,16). The number of primary amides is 1. The largest absolute Gasteiger partial charge is 0.496 e. The number of nitrogens with two attached hydrogens (primary N) is 1. The Labute approximate surface area is 107 Å². The number of carbonyl (C=O) groups is 2.